The molecule has 0 bridgehead atoms. The summed E-state index contributed by atoms with van der Waals surface area (Å²) in [5.41, 5.74) is 12.4. The van der Waals surface area contributed by atoms with Crippen LogP contribution in [0.25, 0.3) is 6.08 Å². The molecule has 5 amide bonds. The number of hydrogen-bond donors (Lipinski definition) is 8. The van der Waals surface area contributed by atoms with Gasteiger partial charge in [-0.15, -0.1) is 0 Å². The highest BCUT2D eigenvalue weighted by molar-refractivity contribution is 6.17. The zero-order valence-electron chi connectivity index (χ0n) is 27.0. The van der Waals surface area contributed by atoms with Crippen LogP contribution in [0.5, 0.6) is 5.75 Å². The normalized spacial score (nSPS) is 16.0. The summed E-state index contributed by atoms with van der Waals surface area (Å²) in [7, 11) is 0. The van der Waals surface area contributed by atoms with E-state index in [-0.39, 0.29) is 36.5 Å². The number of aromatic hydroxyl groups is 1. The number of benzene rings is 2. The molecule has 4 atom stereocenters. The van der Waals surface area contributed by atoms with Gasteiger partial charge in [0, 0.05) is 6.42 Å². The van der Waals surface area contributed by atoms with Crippen molar-refractivity contribution in [1.29, 1.82) is 0 Å². The van der Waals surface area contributed by atoms with E-state index in [1.54, 1.807) is 38.1 Å². The van der Waals surface area contributed by atoms with Gasteiger partial charge in [0.2, 0.25) is 23.6 Å². The van der Waals surface area contributed by atoms with Crippen LogP contribution in [0.2, 0.25) is 0 Å². The molecule has 16 heteroatoms. The number of aliphatic carboxylic acids is 1. The maximum Gasteiger partial charge on any atom is 0.326 e. The number of phenols is 1. The summed E-state index contributed by atoms with van der Waals surface area (Å²) in [4.78, 5) is 81.2. The first-order chi connectivity index (χ1) is 23.2. The standard InChI is InChI=1S/C33H41N7O9/c1-18(2)28(31(46)37-23(33(48)49)12-13-26(35)43)39-27(44)16-40-29(36-24(32(40)47)15-20-8-10-21(42)11-9-20)25(17-41)38-30(45)22(34)14-19-6-4-3-5-7-19/h3-11,15,18,22-23,25,28,41-42H,12-14,16-17,34H2,1-2H3,(H2,35,43)(H,37,46)(H,38,45)(H,39,44)(H,48,49)/b24-15-/t22-,23-,25+,28-/m0/s1. The number of rotatable bonds is 17. The van der Waals surface area contributed by atoms with E-state index in [2.05, 4.69) is 20.9 Å². The van der Waals surface area contributed by atoms with Gasteiger partial charge in [0.1, 0.15) is 42.0 Å². The van der Waals surface area contributed by atoms with Crippen molar-refractivity contribution in [2.45, 2.75) is 57.3 Å². The maximum absolute atomic E-state index is 13.6. The van der Waals surface area contributed by atoms with E-state index in [1.807, 2.05) is 6.07 Å². The molecule has 3 rings (SSSR count). The molecular formula is C33H41N7O9. The van der Waals surface area contributed by atoms with Gasteiger partial charge >= 0.3 is 5.97 Å². The first-order valence-corrected chi connectivity index (χ1v) is 15.4. The Kier molecular flexibility index (Phi) is 13.5. The number of amides is 5. The number of carbonyl (C=O) groups is 6. The fraction of sp³-hybridized carbons (Fsp3) is 0.364. The second-order valence-corrected chi connectivity index (χ2v) is 11.7. The Bertz CT molecular complexity index is 1590. The predicted molar refractivity (Wildman–Crippen MR) is 177 cm³/mol. The molecule has 0 unspecified atom stereocenters. The second kappa shape index (κ2) is 17.5. The van der Waals surface area contributed by atoms with Crippen LogP contribution in [-0.4, -0.2) is 98.9 Å². The Morgan fingerprint density at radius 2 is 1.61 bits per heavy atom. The van der Waals surface area contributed by atoms with Crippen molar-refractivity contribution in [3.63, 3.8) is 0 Å². The molecule has 0 fully saturated rings. The summed E-state index contributed by atoms with van der Waals surface area (Å²) in [6.45, 7) is 1.78. The van der Waals surface area contributed by atoms with Crippen LogP contribution < -0.4 is 27.4 Å². The summed E-state index contributed by atoms with van der Waals surface area (Å²) in [5, 5.41) is 36.8. The average Bonchev–Trinajstić information content (AvgIpc) is 3.35. The van der Waals surface area contributed by atoms with Gasteiger partial charge in [0.15, 0.2) is 0 Å². The second-order valence-electron chi connectivity index (χ2n) is 11.7. The van der Waals surface area contributed by atoms with E-state index in [4.69, 9.17) is 11.5 Å². The van der Waals surface area contributed by atoms with Crippen molar-refractivity contribution < 1.29 is 44.1 Å². The highest BCUT2D eigenvalue weighted by atomic mass is 16.4. The van der Waals surface area contributed by atoms with Gasteiger partial charge < -0.3 is 42.7 Å². The Hall–Kier alpha value is -5.61. The van der Waals surface area contributed by atoms with Gasteiger partial charge in [-0.2, -0.15) is 0 Å². The zero-order valence-corrected chi connectivity index (χ0v) is 27.0. The van der Waals surface area contributed by atoms with Gasteiger partial charge in [-0.3, -0.25) is 28.9 Å². The predicted octanol–water partition coefficient (Wildman–Crippen LogP) is -1.00. The number of nitrogens with two attached hydrogens (primary N) is 2. The molecule has 0 aromatic heterocycles. The molecule has 0 spiro atoms. The van der Waals surface area contributed by atoms with E-state index in [1.165, 1.54) is 30.3 Å². The molecule has 49 heavy (non-hydrogen) atoms. The lowest BCUT2D eigenvalue weighted by molar-refractivity contribution is -0.143. The zero-order chi connectivity index (χ0) is 36.2. The van der Waals surface area contributed by atoms with Crippen molar-refractivity contribution in [2.24, 2.45) is 22.4 Å². The van der Waals surface area contributed by atoms with E-state index in [0.717, 1.165) is 10.5 Å². The number of phenolic OH excluding ortho intramolecular Hbond substituents is 1. The van der Waals surface area contributed by atoms with Crippen LogP contribution in [-0.2, 0) is 35.2 Å². The number of amidine groups is 1. The van der Waals surface area contributed by atoms with E-state index in [9.17, 15) is 44.1 Å². The molecule has 0 aliphatic carbocycles. The van der Waals surface area contributed by atoms with Gasteiger partial charge in [-0.05, 0) is 48.1 Å². The Balaban J connectivity index is 1.84. The number of primary amides is 1. The number of carboxylic acid groups (broad SMARTS) is 1. The molecule has 0 radical (unpaired) electrons. The Morgan fingerprint density at radius 3 is 2.18 bits per heavy atom. The summed E-state index contributed by atoms with van der Waals surface area (Å²) < 4.78 is 0. The third-order valence-corrected chi connectivity index (χ3v) is 7.48. The third-order valence-electron chi connectivity index (χ3n) is 7.48. The van der Waals surface area contributed by atoms with Gasteiger partial charge in [-0.1, -0.05) is 56.3 Å². The van der Waals surface area contributed by atoms with Crippen LogP contribution in [0.1, 0.15) is 37.8 Å². The minimum absolute atomic E-state index is 0.0106. The molecule has 0 saturated carbocycles. The number of aliphatic hydroxyl groups excluding tert-OH is 1. The van der Waals surface area contributed by atoms with Gasteiger partial charge in [0.05, 0.1) is 12.6 Å². The maximum atomic E-state index is 13.6. The molecule has 1 aliphatic rings. The number of carboxylic acids is 1. The lowest BCUT2D eigenvalue weighted by Gasteiger charge is -2.27. The minimum Gasteiger partial charge on any atom is -0.508 e. The van der Waals surface area contributed by atoms with Crippen LogP contribution in [0.15, 0.2) is 65.3 Å². The van der Waals surface area contributed by atoms with Crippen LogP contribution in [0, 0.1) is 5.92 Å². The molecular weight excluding hydrogens is 638 g/mol. The Morgan fingerprint density at radius 1 is 0.959 bits per heavy atom. The topological polar surface area (TPSA) is 267 Å². The van der Waals surface area contributed by atoms with E-state index >= 15 is 0 Å². The number of nitrogens with zero attached hydrogens (tertiary/aromatic N) is 2. The first-order valence-electron chi connectivity index (χ1n) is 15.4. The van der Waals surface area contributed by atoms with Gasteiger partial charge in [-0.25, -0.2) is 9.79 Å². The number of carbonyl (C=O) groups excluding carboxylic acids is 5. The lowest BCUT2D eigenvalue weighted by atomic mass is 10.0. The SMILES string of the molecule is CC(C)[C@H](NC(=O)CN1C(=O)/C(=C/c2ccc(O)cc2)N=C1[C@@H](CO)NC(=O)[C@@H](N)Cc1ccccc1)C(=O)N[C@@H](CCC(N)=O)C(=O)O. The number of nitrogens with one attached hydrogen (secondary N) is 3. The molecule has 0 saturated heterocycles. The number of aliphatic imine (C=N–C) groups is 1. The van der Waals surface area contributed by atoms with Crippen molar-refractivity contribution in [3.8, 4) is 5.75 Å². The summed E-state index contributed by atoms with van der Waals surface area (Å²) in [6, 6.07) is 9.82. The quantitative estimate of drug-likeness (QED) is 0.0945. The molecule has 2 aromatic rings. The summed E-state index contributed by atoms with van der Waals surface area (Å²) in [5.74, 6) is -5.98. The number of hydrogen-bond acceptors (Lipinski definition) is 10. The highest BCUT2D eigenvalue weighted by Crippen LogP contribution is 2.21. The smallest absolute Gasteiger partial charge is 0.326 e. The Labute approximate surface area is 282 Å². The van der Waals surface area contributed by atoms with Crippen molar-refractivity contribution >= 4 is 47.4 Å². The van der Waals surface area contributed by atoms with Crippen LogP contribution in [0.3, 0.4) is 0 Å². The first kappa shape index (κ1) is 37.8. The lowest BCUT2D eigenvalue weighted by Crippen LogP contribution is -2.57. The molecule has 262 valence electrons. The van der Waals surface area contributed by atoms with Crippen LogP contribution in [0.4, 0.5) is 0 Å². The summed E-state index contributed by atoms with van der Waals surface area (Å²) >= 11 is 0. The van der Waals surface area contributed by atoms with E-state index in [0.29, 0.717) is 5.56 Å². The third kappa shape index (κ3) is 11.0. The monoisotopic (exact) mass is 679 g/mol. The molecule has 2 aromatic carbocycles. The van der Waals surface area contributed by atoms with E-state index < -0.39 is 78.7 Å². The van der Waals surface area contributed by atoms with Crippen molar-refractivity contribution in [2.75, 3.05) is 13.2 Å². The largest absolute Gasteiger partial charge is 0.508 e. The molecule has 1 aliphatic heterocycles. The minimum atomic E-state index is -1.45. The average molecular weight is 680 g/mol. The fourth-order valence-corrected chi connectivity index (χ4v) is 4.85. The summed E-state index contributed by atoms with van der Waals surface area (Å²) in [6.07, 6.45) is 1.00. The van der Waals surface area contributed by atoms with Gasteiger partial charge in [0.25, 0.3) is 5.91 Å². The number of aliphatic hydroxyl groups is 1. The van der Waals surface area contributed by atoms with Crippen molar-refractivity contribution in [1.82, 2.24) is 20.9 Å². The molecule has 1 heterocycles. The van der Waals surface area contributed by atoms with Crippen molar-refractivity contribution in [3.05, 3.63) is 71.4 Å². The van der Waals surface area contributed by atoms with Crippen LogP contribution >= 0.6 is 0 Å². The molecule has 10 N–H and O–H groups in total. The molecule has 16 nitrogen and oxygen atoms in total. The highest BCUT2D eigenvalue weighted by Gasteiger charge is 2.38. The fourth-order valence-electron chi connectivity index (χ4n) is 4.85.